The molecule has 0 radical (unpaired) electrons. The maximum Gasteiger partial charge on any atom is 0.117 e. The molecular weight excluding hydrogens is 172 g/mol. The number of methoxy groups -OCH3 is 1. The highest BCUT2D eigenvalue weighted by molar-refractivity contribution is 4.93. The molecule has 1 unspecified atom stereocenters. The van der Waals surface area contributed by atoms with Gasteiger partial charge >= 0.3 is 0 Å². The van der Waals surface area contributed by atoms with E-state index in [0.717, 1.165) is 6.42 Å². The first kappa shape index (κ1) is 13.5. The third kappa shape index (κ3) is 8.13. The molecule has 0 fully saturated rings. The van der Waals surface area contributed by atoms with Crippen LogP contribution in [-0.4, -0.2) is 13.2 Å². The van der Waals surface area contributed by atoms with Crippen LogP contribution in [0.3, 0.4) is 0 Å². The SMILES string of the molecule is C#CC(CCCCCCCCC)OC. The Morgan fingerprint density at radius 2 is 1.64 bits per heavy atom. The minimum absolute atomic E-state index is 0.0330. The van der Waals surface area contributed by atoms with Gasteiger partial charge in [0.1, 0.15) is 6.10 Å². The summed E-state index contributed by atoms with van der Waals surface area (Å²) in [6, 6.07) is 0. The van der Waals surface area contributed by atoms with Gasteiger partial charge in [-0.1, -0.05) is 51.4 Å². The molecule has 0 aromatic rings. The quantitative estimate of drug-likeness (QED) is 0.403. The van der Waals surface area contributed by atoms with Gasteiger partial charge in [-0.25, -0.2) is 0 Å². The van der Waals surface area contributed by atoms with Gasteiger partial charge in [-0.05, 0) is 12.8 Å². The predicted octanol–water partition coefficient (Wildman–Crippen LogP) is 3.78. The highest BCUT2D eigenvalue weighted by Crippen LogP contribution is 2.10. The van der Waals surface area contributed by atoms with Crippen molar-refractivity contribution in [3.05, 3.63) is 0 Å². The van der Waals surface area contributed by atoms with E-state index in [2.05, 4.69) is 12.8 Å². The van der Waals surface area contributed by atoms with Gasteiger partial charge in [-0.15, -0.1) is 6.42 Å². The summed E-state index contributed by atoms with van der Waals surface area (Å²) < 4.78 is 5.11. The Hall–Kier alpha value is -0.480. The van der Waals surface area contributed by atoms with Crippen molar-refractivity contribution in [3.63, 3.8) is 0 Å². The van der Waals surface area contributed by atoms with E-state index in [4.69, 9.17) is 11.2 Å². The topological polar surface area (TPSA) is 9.23 Å². The molecule has 0 aromatic heterocycles. The maximum absolute atomic E-state index is 5.29. The molecule has 1 nitrogen and oxygen atoms in total. The van der Waals surface area contributed by atoms with Crippen LogP contribution in [-0.2, 0) is 4.74 Å². The van der Waals surface area contributed by atoms with E-state index in [0.29, 0.717) is 0 Å². The smallest absolute Gasteiger partial charge is 0.117 e. The van der Waals surface area contributed by atoms with Gasteiger partial charge < -0.3 is 4.74 Å². The summed E-state index contributed by atoms with van der Waals surface area (Å²) >= 11 is 0. The Bertz CT molecular complexity index is 146. The fourth-order valence-corrected chi connectivity index (χ4v) is 1.56. The van der Waals surface area contributed by atoms with Gasteiger partial charge in [-0.2, -0.15) is 0 Å². The van der Waals surface area contributed by atoms with Crippen molar-refractivity contribution in [2.45, 2.75) is 64.4 Å². The molecule has 82 valence electrons. The third-order valence-corrected chi connectivity index (χ3v) is 2.54. The van der Waals surface area contributed by atoms with Gasteiger partial charge in [0.25, 0.3) is 0 Å². The standard InChI is InChI=1S/C13H24O/c1-4-6-7-8-9-10-11-12-13(5-2)14-3/h2,13H,4,6-12H2,1,3H3. The van der Waals surface area contributed by atoms with Gasteiger partial charge in [0, 0.05) is 7.11 Å². The van der Waals surface area contributed by atoms with Gasteiger partial charge in [-0.3, -0.25) is 0 Å². The minimum atomic E-state index is 0.0330. The first-order valence-electron chi connectivity index (χ1n) is 5.84. The van der Waals surface area contributed by atoms with Crippen LogP contribution in [0.15, 0.2) is 0 Å². The van der Waals surface area contributed by atoms with E-state index in [1.807, 2.05) is 0 Å². The number of unbranched alkanes of at least 4 members (excludes halogenated alkanes) is 6. The van der Waals surface area contributed by atoms with E-state index in [1.54, 1.807) is 7.11 Å². The van der Waals surface area contributed by atoms with Crippen LogP contribution in [0.1, 0.15) is 58.3 Å². The number of rotatable bonds is 9. The number of hydrogen-bond donors (Lipinski definition) is 0. The Kier molecular flexibility index (Phi) is 10.2. The molecule has 0 aliphatic heterocycles. The third-order valence-electron chi connectivity index (χ3n) is 2.54. The van der Waals surface area contributed by atoms with Crippen LogP contribution in [0.4, 0.5) is 0 Å². The van der Waals surface area contributed by atoms with Crippen molar-refractivity contribution in [1.29, 1.82) is 0 Å². The molecule has 0 spiro atoms. The largest absolute Gasteiger partial charge is 0.369 e. The zero-order valence-electron chi connectivity index (χ0n) is 9.72. The molecule has 1 atom stereocenters. The van der Waals surface area contributed by atoms with Gasteiger partial charge in [0.2, 0.25) is 0 Å². The lowest BCUT2D eigenvalue weighted by molar-refractivity contribution is 0.138. The first-order valence-corrected chi connectivity index (χ1v) is 5.84. The zero-order chi connectivity index (χ0) is 10.6. The summed E-state index contributed by atoms with van der Waals surface area (Å²) in [7, 11) is 1.69. The summed E-state index contributed by atoms with van der Waals surface area (Å²) in [5.74, 6) is 2.64. The number of ether oxygens (including phenoxy) is 1. The molecule has 0 rings (SSSR count). The highest BCUT2D eigenvalue weighted by atomic mass is 16.5. The average molecular weight is 196 g/mol. The van der Waals surface area contributed by atoms with Crippen LogP contribution < -0.4 is 0 Å². The Balaban J connectivity index is 3.09. The second-order valence-electron chi connectivity index (χ2n) is 3.80. The molecule has 0 heterocycles. The molecule has 0 aliphatic carbocycles. The Morgan fingerprint density at radius 1 is 1.07 bits per heavy atom. The molecule has 0 saturated carbocycles. The zero-order valence-corrected chi connectivity index (χ0v) is 9.72. The van der Waals surface area contributed by atoms with E-state index in [-0.39, 0.29) is 6.10 Å². The number of terminal acetylenes is 1. The molecule has 0 aliphatic rings. The lowest BCUT2D eigenvalue weighted by Crippen LogP contribution is -2.06. The molecule has 0 aromatic carbocycles. The molecule has 1 heteroatoms. The lowest BCUT2D eigenvalue weighted by Gasteiger charge is -2.07. The molecule has 0 N–H and O–H groups in total. The summed E-state index contributed by atoms with van der Waals surface area (Å²) in [5.41, 5.74) is 0. The van der Waals surface area contributed by atoms with E-state index in [1.165, 1.54) is 44.9 Å². The molecular formula is C13H24O. The average Bonchev–Trinajstić information content (AvgIpc) is 2.22. The fourth-order valence-electron chi connectivity index (χ4n) is 1.56. The normalized spacial score (nSPS) is 12.4. The summed E-state index contributed by atoms with van der Waals surface area (Å²) in [4.78, 5) is 0. The van der Waals surface area contributed by atoms with Crippen LogP contribution in [0, 0.1) is 12.3 Å². The molecule has 0 amide bonds. The Labute approximate surface area is 89.2 Å². The monoisotopic (exact) mass is 196 g/mol. The van der Waals surface area contributed by atoms with Crippen molar-refractivity contribution in [2.75, 3.05) is 7.11 Å². The van der Waals surface area contributed by atoms with Gasteiger partial charge in [0.15, 0.2) is 0 Å². The predicted molar refractivity (Wildman–Crippen MR) is 62.2 cm³/mol. The minimum Gasteiger partial charge on any atom is -0.369 e. The van der Waals surface area contributed by atoms with E-state index >= 15 is 0 Å². The Morgan fingerprint density at radius 3 is 2.14 bits per heavy atom. The second-order valence-corrected chi connectivity index (χ2v) is 3.80. The van der Waals surface area contributed by atoms with Crippen LogP contribution in [0.5, 0.6) is 0 Å². The van der Waals surface area contributed by atoms with Crippen molar-refractivity contribution in [3.8, 4) is 12.3 Å². The summed E-state index contributed by atoms with van der Waals surface area (Å²) in [6.45, 7) is 2.25. The fraction of sp³-hybridized carbons (Fsp3) is 0.846. The second kappa shape index (κ2) is 10.6. The molecule has 0 bridgehead atoms. The lowest BCUT2D eigenvalue weighted by atomic mass is 10.1. The maximum atomic E-state index is 5.29. The van der Waals surface area contributed by atoms with Crippen molar-refractivity contribution in [2.24, 2.45) is 0 Å². The highest BCUT2D eigenvalue weighted by Gasteiger charge is 2.00. The van der Waals surface area contributed by atoms with E-state index < -0.39 is 0 Å². The molecule has 0 saturated heterocycles. The van der Waals surface area contributed by atoms with Crippen LogP contribution >= 0.6 is 0 Å². The van der Waals surface area contributed by atoms with E-state index in [9.17, 15) is 0 Å². The van der Waals surface area contributed by atoms with Crippen LogP contribution in [0.25, 0.3) is 0 Å². The first-order chi connectivity index (χ1) is 6.85. The van der Waals surface area contributed by atoms with Crippen molar-refractivity contribution < 1.29 is 4.74 Å². The number of hydrogen-bond acceptors (Lipinski definition) is 1. The summed E-state index contributed by atoms with van der Waals surface area (Å²) in [5, 5.41) is 0. The van der Waals surface area contributed by atoms with Crippen molar-refractivity contribution in [1.82, 2.24) is 0 Å². The summed E-state index contributed by atoms with van der Waals surface area (Å²) in [6.07, 6.45) is 15.7. The van der Waals surface area contributed by atoms with Crippen molar-refractivity contribution >= 4 is 0 Å². The van der Waals surface area contributed by atoms with Crippen LogP contribution in [0.2, 0.25) is 0 Å². The molecule has 14 heavy (non-hydrogen) atoms. The van der Waals surface area contributed by atoms with Gasteiger partial charge in [0.05, 0.1) is 0 Å².